The van der Waals surface area contributed by atoms with Crippen molar-refractivity contribution in [2.24, 2.45) is 7.05 Å². The van der Waals surface area contributed by atoms with Gasteiger partial charge in [-0.1, -0.05) is 28.1 Å². The molecule has 17 heavy (non-hydrogen) atoms. The molecule has 0 saturated heterocycles. The van der Waals surface area contributed by atoms with Gasteiger partial charge in [-0.3, -0.25) is 0 Å². The van der Waals surface area contributed by atoms with Gasteiger partial charge in [-0.2, -0.15) is 4.80 Å². The Kier molecular flexibility index (Phi) is 3.54. The third-order valence-corrected chi connectivity index (χ3v) is 3.38. The molecule has 6 heteroatoms. The smallest absolute Gasteiger partial charge is 0.177 e. The summed E-state index contributed by atoms with van der Waals surface area (Å²) in [6.07, 6.45) is -0.236. The van der Waals surface area contributed by atoms with Crippen LogP contribution in [0.25, 0.3) is 0 Å². The molecule has 0 aliphatic carbocycles. The highest BCUT2D eigenvalue weighted by molar-refractivity contribution is 9.10. The molecule has 5 nitrogen and oxygen atoms in total. The molecule has 0 saturated carbocycles. The van der Waals surface area contributed by atoms with Gasteiger partial charge in [-0.25, -0.2) is 0 Å². The first kappa shape index (κ1) is 12.2. The maximum absolute atomic E-state index is 10.1. The Morgan fingerprint density at radius 2 is 2.24 bits per heavy atom. The number of hydrogen-bond donors (Lipinski definition) is 1. The Labute approximate surface area is 108 Å². The zero-order valence-corrected chi connectivity index (χ0v) is 11.2. The molecule has 1 unspecified atom stereocenters. The van der Waals surface area contributed by atoms with E-state index in [1.807, 2.05) is 25.1 Å². The quantitative estimate of drug-likeness (QED) is 0.933. The monoisotopic (exact) mass is 296 g/mol. The van der Waals surface area contributed by atoms with E-state index in [1.54, 1.807) is 7.05 Å². The lowest BCUT2D eigenvalue weighted by molar-refractivity contribution is 0.175. The first-order valence-electron chi connectivity index (χ1n) is 5.23. The van der Waals surface area contributed by atoms with E-state index in [1.165, 1.54) is 4.80 Å². The fraction of sp³-hybridized carbons (Fsp3) is 0.364. The average Bonchev–Trinajstić information content (AvgIpc) is 2.68. The van der Waals surface area contributed by atoms with Gasteiger partial charge < -0.3 is 5.11 Å². The summed E-state index contributed by atoms with van der Waals surface area (Å²) in [6, 6.07) is 5.77. The highest BCUT2D eigenvalue weighted by Crippen LogP contribution is 2.22. The van der Waals surface area contributed by atoms with Crippen molar-refractivity contribution in [3.63, 3.8) is 0 Å². The minimum Gasteiger partial charge on any atom is -0.388 e. The van der Waals surface area contributed by atoms with E-state index in [0.29, 0.717) is 12.2 Å². The van der Waals surface area contributed by atoms with Gasteiger partial charge in [0.25, 0.3) is 0 Å². The summed E-state index contributed by atoms with van der Waals surface area (Å²) in [5.41, 5.74) is 1.95. The van der Waals surface area contributed by atoms with Crippen LogP contribution in [0, 0.1) is 6.92 Å². The van der Waals surface area contributed by atoms with Gasteiger partial charge in [0.15, 0.2) is 5.82 Å². The lowest BCUT2D eigenvalue weighted by atomic mass is 10.0. The van der Waals surface area contributed by atoms with E-state index in [4.69, 9.17) is 0 Å². The predicted octanol–water partition coefficient (Wildman–Crippen LogP) is 1.56. The second kappa shape index (κ2) is 4.93. The Bertz CT molecular complexity index is 526. The molecule has 2 aromatic rings. The topological polar surface area (TPSA) is 63.8 Å². The molecule has 1 heterocycles. The van der Waals surface area contributed by atoms with E-state index in [2.05, 4.69) is 31.3 Å². The minimum atomic E-state index is -0.606. The van der Waals surface area contributed by atoms with Gasteiger partial charge in [0.1, 0.15) is 0 Å². The van der Waals surface area contributed by atoms with Crippen molar-refractivity contribution in [2.75, 3.05) is 0 Å². The van der Waals surface area contributed by atoms with Gasteiger partial charge in [0.05, 0.1) is 13.2 Å². The van der Waals surface area contributed by atoms with Gasteiger partial charge >= 0.3 is 0 Å². The van der Waals surface area contributed by atoms with Crippen molar-refractivity contribution < 1.29 is 5.11 Å². The molecule has 2 rings (SSSR count). The van der Waals surface area contributed by atoms with Crippen molar-refractivity contribution in [1.82, 2.24) is 20.2 Å². The summed E-state index contributed by atoms with van der Waals surface area (Å²) in [5, 5.41) is 21.7. The van der Waals surface area contributed by atoms with Crippen molar-refractivity contribution in [3.05, 3.63) is 39.6 Å². The molecule has 1 atom stereocenters. The molecule has 0 aliphatic rings. The number of tetrazole rings is 1. The van der Waals surface area contributed by atoms with Crippen LogP contribution in [-0.4, -0.2) is 25.3 Å². The molecular formula is C11H13BrN4O. The number of benzene rings is 1. The average molecular weight is 297 g/mol. The number of nitrogens with zero attached hydrogens (tertiary/aromatic N) is 4. The third-order valence-electron chi connectivity index (χ3n) is 2.49. The highest BCUT2D eigenvalue weighted by Gasteiger charge is 2.12. The van der Waals surface area contributed by atoms with Crippen LogP contribution >= 0.6 is 15.9 Å². The summed E-state index contributed by atoms with van der Waals surface area (Å²) in [6.45, 7) is 1.99. The number of aliphatic hydroxyl groups is 1. The fourth-order valence-corrected chi connectivity index (χ4v) is 1.82. The molecule has 0 fully saturated rings. The molecule has 0 amide bonds. The molecule has 0 spiro atoms. The van der Waals surface area contributed by atoms with Gasteiger partial charge in [0.2, 0.25) is 0 Å². The van der Waals surface area contributed by atoms with Crippen LogP contribution in [-0.2, 0) is 13.5 Å². The number of rotatable bonds is 3. The summed E-state index contributed by atoms with van der Waals surface area (Å²) >= 11 is 3.43. The van der Waals surface area contributed by atoms with Crippen molar-refractivity contribution >= 4 is 15.9 Å². The minimum absolute atomic E-state index is 0.370. The van der Waals surface area contributed by atoms with Crippen molar-refractivity contribution in [2.45, 2.75) is 19.4 Å². The summed E-state index contributed by atoms with van der Waals surface area (Å²) < 4.78 is 1.03. The summed E-state index contributed by atoms with van der Waals surface area (Å²) in [4.78, 5) is 1.38. The van der Waals surface area contributed by atoms with Crippen LogP contribution in [0.4, 0.5) is 0 Å². The second-order valence-electron chi connectivity index (χ2n) is 3.92. The summed E-state index contributed by atoms with van der Waals surface area (Å²) in [7, 11) is 1.70. The third kappa shape index (κ3) is 2.89. The number of aryl methyl sites for hydroxylation is 2. The van der Waals surface area contributed by atoms with Gasteiger partial charge in [-0.15, -0.1) is 10.2 Å². The largest absolute Gasteiger partial charge is 0.388 e. The van der Waals surface area contributed by atoms with Crippen LogP contribution in [0.1, 0.15) is 23.1 Å². The fourth-order valence-electron chi connectivity index (χ4n) is 1.57. The van der Waals surface area contributed by atoms with Gasteiger partial charge in [0, 0.05) is 10.9 Å². The van der Waals surface area contributed by atoms with Crippen molar-refractivity contribution in [3.8, 4) is 0 Å². The molecule has 0 bridgehead atoms. The maximum Gasteiger partial charge on any atom is 0.177 e. The Hall–Kier alpha value is -1.27. The zero-order valence-electron chi connectivity index (χ0n) is 9.63. The number of halogens is 1. The standard InChI is InChI=1S/C11H13BrN4O/c1-7-5-8(3-4-9(7)12)10(17)6-11-13-15-16(2)14-11/h3-5,10,17H,6H2,1-2H3. The molecular weight excluding hydrogens is 284 g/mol. The Morgan fingerprint density at radius 3 is 2.82 bits per heavy atom. The van der Waals surface area contributed by atoms with Crippen molar-refractivity contribution in [1.29, 1.82) is 0 Å². The number of aliphatic hydroxyl groups excluding tert-OH is 1. The first-order valence-corrected chi connectivity index (χ1v) is 6.02. The molecule has 1 aromatic heterocycles. The van der Waals surface area contributed by atoms with E-state index in [-0.39, 0.29) is 0 Å². The lowest BCUT2D eigenvalue weighted by Crippen LogP contribution is -2.04. The number of hydrogen-bond acceptors (Lipinski definition) is 4. The van der Waals surface area contributed by atoms with Crippen LogP contribution in [0.3, 0.4) is 0 Å². The second-order valence-corrected chi connectivity index (χ2v) is 4.78. The van der Waals surface area contributed by atoms with E-state index >= 15 is 0 Å². The SMILES string of the molecule is Cc1cc(C(O)Cc2nnn(C)n2)ccc1Br. The van der Waals surface area contributed by atoms with Crippen LogP contribution in [0.2, 0.25) is 0 Å². The molecule has 1 N–H and O–H groups in total. The zero-order chi connectivity index (χ0) is 12.4. The van der Waals surface area contributed by atoms with E-state index < -0.39 is 6.10 Å². The predicted molar refractivity (Wildman–Crippen MR) is 66.3 cm³/mol. The van der Waals surface area contributed by atoms with Crippen LogP contribution < -0.4 is 0 Å². The van der Waals surface area contributed by atoms with E-state index in [0.717, 1.165) is 15.6 Å². The lowest BCUT2D eigenvalue weighted by Gasteiger charge is -2.10. The first-order chi connectivity index (χ1) is 8.06. The Morgan fingerprint density at radius 1 is 1.47 bits per heavy atom. The number of aromatic nitrogens is 4. The van der Waals surface area contributed by atoms with Gasteiger partial charge in [-0.05, 0) is 29.3 Å². The summed E-state index contributed by atoms with van der Waals surface area (Å²) in [5.74, 6) is 0.542. The van der Waals surface area contributed by atoms with Crippen LogP contribution in [0.15, 0.2) is 22.7 Å². The highest BCUT2D eigenvalue weighted by atomic mass is 79.9. The molecule has 0 radical (unpaired) electrons. The maximum atomic E-state index is 10.1. The van der Waals surface area contributed by atoms with Crippen LogP contribution in [0.5, 0.6) is 0 Å². The Balaban J connectivity index is 2.14. The molecule has 0 aliphatic heterocycles. The van der Waals surface area contributed by atoms with E-state index in [9.17, 15) is 5.11 Å². The molecule has 90 valence electrons. The normalized spacial score (nSPS) is 12.7. The molecule has 1 aromatic carbocycles.